The Morgan fingerprint density at radius 2 is 2.14 bits per heavy atom. The van der Waals surface area contributed by atoms with E-state index >= 15 is 0 Å². The van der Waals surface area contributed by atoms with Crippen molar-refractivity contribution in [1.29, 1.82) is 0 Å². The second-order valence-electron chi connectivity index (χ2n) is 6.43. The number of nitrogens with zero attached hydrogens (tertiary/aromatic N) is 5. The Morgan fingerprint density at radius 1 is 1.32 bits per heavy atom. The van der Waals surface area contributed by atoms with Crippen LogP contribution in [0.2, 0.25) is 0 Å². The highest BCUT2D eigenvalue weighted by Crippen LogP contribution is 2.29. The number of anilines is 1. The van der Waals surface area contributed by atoms with Crippen LogP contribution in [0.4, 0.5) is 5.69 Å². The molecule has 1 unspecified atom stereocenters. The zero-order valence-corrected chi connectivity index (χ0v) is 13.1. The Morgan fingerprint density at radius 3 is 2.86 bits per heavy atom. The molecule has 1 fully saturated rings. The van der Waals surface area contributed by atoms with E-state index in [4.69, 9.17) is 0 Å². The number of fused-ring (bicyclic) bond motifs is 1. The summed E-state index contributed by atoms with van der Waals surface area (Å²) in [5, 5.41) is 32.4. The molecule has 120 valence electrons. The highest BCUT2D eigenvalue weighted by Gasteiger charge is 2.30. The Balaban J connectivity index is 1.96. The van der Waals surface area contributed by atoms with Gasteiger partial charge in [-0.2, -0.15) is 9.61 Å². The third kappa shape index (κ3) is 2.78. The van der Waals surface area contributed by atoms with Gasteiger partial charge in [-0.05, 0) is 31.2 Å². The molecule has 0 saturated carbocycles. The molecule has 1 saturated heterocycles. The molecular formula is C15H23N5O2. The van der Waals surface area contributed by atoms with Crippen molar-refractivity contribution in [1.82, 2.24) is 19.8 Å². The average molecular weight is 305 g/mol. The molecule has 2 N–H and O–H groups in total. The van der Waals surface area contributed by atoms with Crippen molar-refractivity contribution >= 4 is 11.3 Å². The van der Waals surface area contributed by atoms with E-state index < -0.39 is 5.60 Å². The Hall–Kier alpha value is -1.73. The van der Waals surface area contributed by atoms with Gasteiger partial charge in [0.25, 0.3) is 0 Å². The van der Waals surface area contributed by atoms with E-state index in [0.29, 0.717) is 25.3 Å². The largest absolute Gasteiger partial charge is 0.393 e. The molecule has 1 aliphatic heterocycles. The standard InChI is InChI=1S/C15H23N5O2/c1-11(2)12-8-13(14-17-16-10-20(14)18-12)19-6-3-4-15(22,9-21)5-7-19/h8,10-11,21-22H,3-7,9H2,1-2H3. The van der Waals surface area contributed by atoms with Gasteiger partial charge in [0.05, 0.1) is 23.6 Å². The molecule has 0 bridgehead atoms. The molecule has 22 heavy (non-hydrogen) atoms. The highest BCUT2D eigenvalue weighted by molar-refractivity contribution is 5.68. The Bertz CT molecular complexity index is 656. The SMILES string of the molecule is CC(C)c1cc(N2CCCC(O)(CO)CC2)c2nncn2n1. The lowest BCUT2D eigenvalue weighted by atomic mass is 9.96. The maximum Gasteiger partial charge on any atom is 0.200 e. The van der Waals surface area contributed by atoms with Gasteiger partial charge in [0.1, 0.15) is 6.33 Å². The summed E-state index contributed by atoms with van der Waals surface area (Å²) in [5.74, 6) is 0.312. The van der Waals surface area contributed by atoms with E-state index in [1.165, 1.54) is 0 Å². The summed E-state index contributed by atoms with van der Waals surface area (Å²) in [6.07, 6.45) is 3.61. The van der Waals surface area contributed by atoms with Gasteiger partial charge in [-0.15, -0.1) is 10.2 Å². The number of aliphatic hydroxyl groups excluding tert-OH is 1. The second-order valence-corrected chi connectivity index (χ2v) is 6.43. The summed E-state index contributed by atoms with van der Waals surface area (Å²) in [7, 11) is 0. The minimum Gasteiger partial charge on any atom is -0.393 e. The first kappa shape index (κ1) is 15.2. The molecule has 3 heterocycles. The molecule has 0 spiro atoms. The lowest BCUT2D eigenvalue weighted by Gasteiger charge is -2.26. The van der Waals surface area contributed by atoms with Gasteiger partial charge in [-0.1, -0.05) is 13.8 Å². The van der Waals surface area contributed by atoms with Gasteiger partial charge in [-0.25, -0.2) is 0 Å². The number of aromatic nitrogens is 4. The zero-order valence-electron chi connectivity index (χ0n) is 13.1. The average Bonchev–Trinajstić information content (AvgIpc) is 2.89. The summed E-state index contributed by atoms with van der Waals surface area (Å²) in [6.45, 7) is 5.53. The van der Waals surface area contributed by atoms with Crippen molar-refractivity contribution in [2.24, 2.45) is 0 Å². The smallest absolute Gasteiger partial charge is 0.200 e. The van der Waals surface area contributed by atoms with Crippen molar-refractivity contribution in [3.05, 3.63) is 18.1 Å². The van der Waals surface area contributed by atoms with Gasteiger partial charge in [-0.3, -0.25) is 0 Å². The second kappa shape index (κ2) is 5.81. The molecule has 0 amide bonds. The number of aliphatic hydroxyl groups is 2. The Labute approximate surface area is 129 Å². The van der Waals surface area contributed by atoms with Gasteiger partial charge in [0.15, 0.2) is 0 Å². The van der Waals surface area contributed by atoms with E-state index in [9.17, 15) is 10.2 Å². The molecule has 1 aliphatic rings. The quantitative estimate of drug-likeness (QED) is 0.878. The van der Waals surface area contributed by atoms with Crippen LogP contribution < -0.4 is 4.90 Å². The molecule has 2 aromatic rings. The maximum atomic E-state index is 10.3. The fourth-order valence-electron chi connectivity index (χ4n) is 2.92. The molecule has 0 radical (unpaired) electrons. The van der Waals surface area contributed by atoms with E-state index in [1.54, 1.807) is 10.8 Å². The first-order valence-corrected chi connectivity index (χ1v) is 7.81. The number of hydrogen-bond donors (Lipinski definition) is 2. The van der Waals surface area contributed by atoms with Crippen LogP contribution >= 0.6 is 0 Å². The summed E-state index contributed by atoms with van der Waals surface area (Å²) in [5.41, 5.74) is 1.76. The predicted molar refractivity (Wildman–Crippen MR) is 83.0 cm³/mol. The van der Waals surface area contributed by atoms with Crippen molar-refractivity contribution in [2.75, 3.05) is 24.6 Å². The lowest BCUT2D eigenvalue weighted by molar-refractivity contribution is -0.0232. The molecular weight excluding hydrogens is 282 g/mol. The summed E-state index contributed by atoms with van der Waals surface area (Å²) >= 11 is 0. The Kier molecular flexibility index (Phi) is 4.01. The zero-order chi connectivity index (χ0) is 15.7. The van der Waals surface area contributed by atoms with Crippen molar-refractivity contribution in [3.63, 3.8) is 0 Å². The summed E-state index contributed by atoms with van der Waals surface area (Å²) < 4.78 is 1.72. The molecule has 0 aliphatic carbocycles. The van der Waals surface area contributed by atoms with Crippen LogP contribution in [-0.2, 0) is 0 Å². The highest BCUT2D eigenvalue weighted by atomic mass is 16.3. The minimum atomic E-state index is -0.966. The number of rotatable bonds is 3. The monoisotopic (exact) mass is 305 g/mol. The van der Waals surface area contributed by atoms with Crippen LogP contribution in [0.25, 0.3) is 5.65 Å². The lowest BCUT2D eigenvalue weighted by Crippen LogP contribution is -2.34. The fourth-order valence-corrected chi connectivity index (χ4v) is 2.92. The van der Waals surface area contributed by atoms with Gasteiger partial charge in [0.2, 0.25) is 5.65 Å². The first-order valence-electron chi connectivity index (χ1n) is 7.81. The van der Waals surface area contributed by atoms with Crippen LogP contribution in [0.1, 0.15) is 44.7 Å². The summed E-state index contributed by atoms with van der Waals surface area (Å²) in [4.78, 5) is 2.21. The molecule has 3 rings (SSSR count). The minimum absolute atomic E-state index is 0.186. The molecule has 0 aromatic carbocycles. The van der Waals surface area contributed by atoms with Gasteiger partial charge < -0.3 is 15.1 Å². The van der Waals surface area contributed by atoms with E-state index in [2.05, 4.69) is 40.1 Å². The van der Waals surface area contributed by atoms with Crippen LogP contribution in [-0.4, -0.2) is 55.3 Å². The first-order chi connectivity index (χ1) is 10.5. The maximum absolute atomic E-state index is 10.3. The predicted octanol–water partition coefficient (Wildman–Crippen LogP) is 0.961. The van der Waals surface area contributed by atoms with E-state index in [-0.39, 0.29) is 6.61 Å². The van der Waals surface area contributed by atoms with Crippen molar-refractivity contribution in [2.45, 2.75) is 44.6 Å². The topological polar surface area (TPSA) is 86.8 Å². The fraction of sp³-hybridized carbons (Fsp3) is 0.667. The van der Waals surface area contributed by atoms with Crippen LogP contribution in [0.15, 0.2) is 12.4 Å². The third-order valence-electron chi connectivity index (χ3n) is 4.41. The van der Waals surface area contributed by atoms with Crippen LogP contribution in [0.5, 0.6) is 0 Å². The van der Waals surface area contributed by atoms with Crippen LogP contribution in [0, 0.1) is 0 Å². The molecule has 7 heteroatoms. The van der Waals surface area contributed by atoms with Crippen molar-refractivity contribution < 1.29 is 10.2 Å². The molecule has 7 nitrogen and oxygen atoms in total. The van der Waals surface area contributed by atoms with Gasteiger partial charge in [0, 0.05) is 13.1 Å². The number of hydrogen-bond acceptors (Lipinski definition) is 6. The molecule has 1 atom stereocenters. The normalized spacial score (nSPS) is 23.2. The molecule has 2 aromatic heterocycles. The van der Waals surface area contributed by atoms with Gasteiger partial charge >= 0.3 is 0 Å². The van der Waals surface area contributed by atoms with Crippen LogP contribution in [0.3, 0.4) is 0 Å². The summed E-state index contributed by atoms with van der Waals surface area (Å²) in [6, 6.07) is 2.07. The van der Waals surface area contributed by atoms with E-state index in [0.717, 1.165) is 30.0 Å². The van der Waals surface area contributed by atoms with E-state index in [1.807, 2.05) is 0 Å². The third-order valence-corrected chi connectivity index (χ3v) is 4.41. The van der Waals surface area contributed by atoms with Crippen molar-refractivity contribution in [3.8, 4) is 0 Å².